The zero-order valence-corrected chi connectivity index (χ0v) is 20.4. The molecule has 1 aromatic carbocycles. The smallest absolute Gasteiger partial charge is 0.251 e. The molecule has 1 amide bonds. The van der Waals surface area contributed by atoms with Gasteiger partial charge in [-0.25, -0.2) is 0 Å². The number of benzene rings is 1. The van der Waals surface area contributed by atoms with Gasteiger partial charge in [0.2, 0.25) is 0 Å². The minimum atomic E-state index is -0.0488. The topological polar surface area (TPSA) is 78.0 Å². The van der Waals surface area contributed by atoms with Gasteiger partial charge < -0.3 is 20.7 Å². The van der Waals surface area contributed by atoms with Crippen molar-refractivity contribution in [1.82, 2.24) is 20.9 Å². The molecular weight excluding hydrogens is 481 g/mol. The predicted molar refractivity (Wildman–Crippen MR) is 129 cm³/mol. The molecule has 7 nitrogen and oxygen atoms in total. The van der Waals surface area contributed by atoms with Gasteiger partial charge in [-0.3, -0.25) is 14.7 Å². The minimum Gasteiger partial charge on any atom is -0.374 e. The number of amides is 1. The Morgan fingerprint density at radius 3 is 2.79 bits per heavy atom. The lowest BCUT2D eigenvalue weighted by Crippen LogP contribution is -2.50. The molecule has 164 valence electrons. The van der Waals surface area contributed by atoms with Crippen molar-refractivity contribution in [2.24, 2.45) is 10.9 Å². The molecule has 0 radical (unpaired) electrons. The molecule has 1 aromatic rings. The van der Waals surface area contributed by atoms with Crippen LogP contribution in [-0.2, 0) is 11.3 Å². The van der Waals surface area contributed by atoms with Gasteiger partial charge in [-0.1, -0.05) is 26.0 Å². The summed E-state index contributed by atoms with van der Waals surface area (Å²) in [6.45, 7) is 12.2. The van der Waals surface area contributed by atoms with Crippen molar-refractivity contribution in [3.63, 3.8) is 0 Å². The normalized spacial score (nSPS) is 17.6. The molecule has 8 heteroatoms. The van der Waals surface area contributed by atoms with Crippen LogP contribution in [0.15, 0.2) is 29.3 Å². The first-order valence-electron chi connectivity index (χ1n) is 10.2. The number of morpholine rings is 1. The summed E-state index contributed by atoms with van der Waals surface area (Å²) in [7, 11) is 1.76. The number of nitrogens with zero attached hydrogens (tertiary/aromatic N) is 2. The third kappa shape index (κ3) is 9.31. The van der Waals surface area contributed by atoms with Gasteiger partial charge in [0.1, 0.15) is 0 Å². The molecule has 1 saturated heterocycles. The van der Waals surface area contributed by atoms with E-state index in [1.54, 1.807) is 7.05 Å². The highest BCUT2D eigenvalue weighted by atomic mass is 127. The number of nitrogens with one attached hydrogen (secondary N) is 3. The molecular formula is C21H36IN5O2. The molecule has 2 rings (SSSR count). The van der Waals surface area contributed by atoms with Gasteiger partial charge >= 0.3 is 0 Å². The van der Waals surface area contributed by atoms with Crippen LogP contribution >= 0.6 is 24.0 Å². The van der Waals surface area contributed by atoms with E-state index in [9.17, 15) is 4.79 Å². The van der Waals surface area contributed by atoms with E-state index in [0.29, 0.717) is 31.1 Å². The molecule has 1 atom stereocenters. The van der Waals surface area contributed by atoms with Crippen LogP contribution in [0.4, 0.5) is 0 Å². The van der Waals surface area contributed by atoms with E-state index in [2.05, 4.69) is 39.7 Å². The summed E-state index contributed by atoms with van der Waals surface area (Å²) in [6, 6.07) is 7.62. The fraction of sp³-hybridized carbons (Fsp3) is 0.619. The van der Waals surface area contributed by atoms with Crippen molar-refractivity contribution in [2.75, 3.05) is 46.4 Å². The first kappa shape index (κ1) is 25.6. The first-order valence-corrected chi connectivity index (χ1v) is 10.2. The Labute approximate surface area is 192 Å². The molecule has 1 unspecified atom stereocenters. The maximum atomic E-state index is 12.0. The zero-order chi connectivity index (χ0) is 20.4. The van der Waals surface area contributed by atoms with Crippen molar-refractivity contribution in [3.05, 3.63) is 35.4 Å². The Morgan fingerprint density at radius 2 is 2.10 bits per heavy atom. The summed E-state index contributed by atoms with van der Waals surface area (Å²) in [5, 5.41) is 9.48. The Morgan fingerprint density at radius 1 is 1.31 bits per heavy atom. The van der Waals surface area contributed by atoms with Crippen LogP contribution in [-0.4, -0.2) is 69.2 Å². The molecule has 1 aliphatic heterocycles. The highest BCUT2D eigenvalue weighted by molar-refractivity contribution is 14.0. The van der Waals surface area contributed by atoms with Gasteiger partial charge in [0.05, 0.1) is 12.7 Å². The quantitative estimate of drug-likeness (QED) is 0.280. The van der Waals surface area contributed by atoms with Crippen LogP contribution in [0, 0.1) is 5.92 Å². The zero-order valence-electron chi connectivity index (χ0n) is 18.0. The van der Waals surface area contributed by atoms with E-state index in [4.69, 9.17) is 4.74 Å². The lowest BCUT2D eigenvalue weighted by Gasteiger charge is -2.34. The van der Waals surface area contributed by atoms with E-state index in [1.165, 1.54) is 0 Å². The molecule has 0 saturated carbocycles. The molecule has 0 spiro atoms. The van der Waals surface area contributed by atoms with Crippen molar-refractivity contribution in [2.45, 2.75) is 33.4 Å². The van der Waals surface area contributed by atoms with E-state index >= 15 is 0 Å². The highest BCUT2D eigenvalue weighted by Crippen LogP contribution is 2.08. The van der Waals surface area contributed by atoms with Gasteiger partial charge in [-0.2, -0.15) is 0 Å². The van der Waals surface area contributed by atoms with Crippen LogP contribution in [0.3, 0.4) is 0 Å². The number of hydrogen-bond donors (Lipinski definition) is 3. The molecule has 0 aromatic heterocycles. The molecule has 29 heavy (non-hydrogen) atoms. The number of guanidine groups is 1. The number of rotatable bonds is 8. The minimum absolute atomic E-state index is 0. The van der Waals surface area contributed by atoms with Gasteiger partial charge in [-0.15, -0.1) is 24.0 Å². The molecule has 1 heterocycles. The Balaban J connectivity index is 0.00000420. The average Bonchev–Trinajstić information content (AvgIpc) is 2.68. The van der Waals surface area contributed by atoms with E-state index in [-0.39, 0.29) is 36.0 Å². The van der Waals surface area contributed by atoms with E-state index < -0.39 is 0 Å². The molecule has 0 aliphatic carbocycles. The monoisotopic (exact) mass is 517 g/mol. The van der Waals surface area contributed by atoms with Gasteiger partial charge in [-0.05, 0) is 30.5 Å². The predicted octanol–water partition coefficient (Wildman–Crippen LogP) is 2.08. The maximum Gasteiger partial charge on any atom is 0.251 e. The third-order valence-corrected chi connectivity index (χ3v) is 4.55. The van der Waals surface area contributed by atoms with Crippen LogP contribution in [0.5, 0.6) is 0 Å². The summed E-state index contributed by atoms with van der Waals surface area (Å²) in [5.41, 5.74) is 1.70. The lowest BCUT2D eigenvalue weighted by molar-refractivity contribution is -0.0284. The lowest BCUT2D eigenvalue weighted by atomic mass is 10.1. The van der Waals surface area contributed by atoms with Gasteiger partial charge in [0.25, 0.3) is 5.91 Å². The summed E-state index contributed by atoms with van der Waals surface area (Å²) in [5.74, 6) is 1.34. The second-order valence-corrected chi connectivity index (χ2v) is 7.51. The highest BCUT2D eigenvalue weighted by Gasteiger charge is 2.21. The average molecular weight is 517 g/mol. The van der Waals surface area contributed by atoms with E-state index in [1.807, 2.05) is 31.2 Å². The molecule has 3 N–H and O–H groups in total. The largest absolute Gasteiger partial charge is 0.374 e. The number of ether oxygens (including phenoxy) is 1. The van der Waals surface area contributed by atoms with Crippen molar-refractivity contribution in [3.8, 4) is 0 Å². The maximum absolute atomic E-state index is 12.0. The number of aliphatic imine (C=N–C) groups is 1. The number of carbonyl (C=O) groups excluding carboxylic acids is 1. The summed E-state index contributed by atoms with van der Waals surface area (Å²) in [4.78, 5) is 18.7. The van der Waals surface area contributed by atoms with Crippen molar-refractivity contribution in [1.29, 1.82) is 0 Å². The fourth-order valence-electron chi connectivity index (χ4n) is 3.29. The van der Waals surface area contributed by atoms with Crippen molar-refractivity contribution < 1.29 is 9.53 Å². The van der Waals surface area contributed by atoms with Crippen molar-refractivity contribution >= 4 is 35.8 Å². The van der Waals surface area contributed by atoms with E-state index in [0.717, 1.165) is 37.8 Å². The summed E-state index contributed by atoms with van der Waals surface area (Å²) in [6.07, 6.45) is 0.159. The van der Waals surface area contributed by atoms with Gasteiger partial charge in [0, 0.05) is 51.9 Å². The number of carbonyl (C=O) groups is 1. The van der Waals surface area contributed by atoms with Crippen LogP contribution in [0.1, 0.15) is 36.7 Å². The second kappa shape index (κ2) is 13.8. The third-order valence-electron chi connectivity index (χ3n) is 4.55. The number of hydrogen-bond acceptors (Lipinski definition) is 4. The van der Waals surface area contributed by atoms with Crippen LogP contribution < -0.4 is 16.0 Å². The SMILES string of the molecule is CCNC(=O)c1cccc(CNC(=NC)NCC2CN(CC(C)C)CCO2)c1.I. The molecule has 0 bridgehead atoms. The first-order chi connectivity index (χ1) is 13.5. The van der Waals surface area contributed by atoms with Crippen LogP contribution in [0.25, 0.3) is 0 Å². The van der Waals surface area contributed by atoms with Gasteiger partial charge in [0.15, 0.2) is 5.96 Å². The summed E-state index contributed by atoms with van der Waals surface area (Å²) < 4.78 is 5.88. The molecule has 1 aliphatic rings. The Bertz CT molecular complexity index is 654. The number of halogens is 1. The van der Waals surface area contributed by atoms with Crippen LogP contribution in [0.2, 0.25) is 0 Å². The molecule has 1 fully saturated rings. The Kier molecular flexibility index (Phi) is 12.2. The second-order valence-electron chi connectivity index (χ2n) is 7.51. The fourth-order valence-corrected chi connectivity index (χ4v) is 3.29. The summed E-state index contributed by atoms with van der Waals surface area (Å²) >= 11 is 0. The standard InChI is InChI=1S/C21H35N5O2.HI/c1-5-23-20(27)18-8-6-7-17(11-18)12-24-21(22-4)25-13-19-15-26(9-10-28-19)14-16(2)3;/h6-8,11,16,19H,5,9-10,12-15H2,1-4H3,(H,23,27)(H2,22,24,25);1H. The Hall–Kier alpha value is -1.39.